The van der Waals surface area contributed by atoms with E-state index in [0.29, 0.717) is 19.5 Å². The minimum Gasteiger partial charge on any atom is -0.337 e. The number of unbranched alkanes of at least 4 members (excludes halogenated alkanes) is 8. The summed E-state index contributed by atoms with van der Waals surface area (Å²) in [7, 11) is 0. The topological polar surface area (TPSA) is 72.3 Å². The summed E-state index contributed by atoms with van der Waals surface area (Å²) in [5.74, 6) is 0.0768. The minimum absolute atomic E-state index is 0.0768. The van der Waals surface area contributed by atoms with E-state index in [2.05, 4.69) is 49.4 Å². The zero-order chi connectivity index (χ0) is 22.3. The first kappa shape index (κ1) is 25.4. The van der Waals surface area contributed by atoms with Crippen molar-refractivity contribution in [1.82, 2.24) is 4.90 Å². The van der Waals surface area contributed by atoms with E-state index >= 15 is 0 Å². The van der Waals surface area contributed by atoms with Gasteiger partial charge in [-0.2, -0.15) is 0 Å². The van der Waals surface area contributed by atoms with Crippen LogP contribution in [0.3, 0.4) is 0 Å². The van der Waals surface area contributed by atoms with Crippen LogP contribution in [0.25, 0.3) is 10.8 Å². The van der Waals surface area contributed by atoms with Gasteiger partial charge in [0.1, 0.15) is 0 Å². The zero-order valence-electron chi connectivity index (χ0n) is 19.5. The smallest absolute Gasteiger partial charge is 0.239 e. The normalized spacial score (nSPS) is 12.2. The molecule has 4 heteroatoms. The Morgan fingerprint density at radius 1 is 0.871 bits per heavy atom. The molecule has 1 atom stereocenters. The molecule has 0 saturated heterocycles. The maximum atomic E-state index is 13.2. The highest BCUT2D eigenvalue weighted by molar-refractivity contribution is 5.87. The first-order chi connectivity index (χ1) is 15.2. The van der Waals surface area contributed by atoms with Gasteiger partial charge in [0.15, 0.2) is 0 Å². The molecule has 31 heavy (non-hydrogen) atoms. The lowest BCUT2D eigenvalue weighted by atomic mass is 10.0. The lowest BCUT2D eigenvalue weighted by Crippen LogP contribution is -2.43. The monoisotopic (exact) mass is 425 g/mol. The molecule has 0 saturated carbocycles. The highest BCUT2D eigenvalue weighted by Gasteiger charge is 2.21. The average molecular weight is 426 g/mol. The predicted molar refractivity (Wildman–Crippen MR) is 133 cm³/mol. The largest absolute Gasteiger partial charge is 0.337 e. The Bertz CT molecular complexity index is 756. The predicted octanol–water partition coefficient (Wildman–Crippen LogP) is 5.77. The van der Waals surface area contributed by atoms with Gasteiger partial charge in [-0.25, -0.2) is 0 Å². The summed E-state index contributed by atoms with van der Waals surface area (Å²) in [5.41, 5.74) is 13.1. The molecule has 0 aliphatic heterocycles. The maximum absolute atomic E-state index is 13.2. The zero-order valence-corrected chi connectivity index (χ0v) is 19.5. The standard InChI is InChI=1S/C27H43N3O/c1-2-3-4-5-6-7-8-13-21-30(27(31)26(29)19-11-12-20-28)22-24-17-14-16-23-15-9-10-18-25(23)24/h9-10,14-18,26H,2-8,11-13,19-22,28-29H2,1H3/t26-/m0/s1. The molecule has 2 aromatic carbocycles. The van der Waals surface area contributed by atoms with Crippen LogP contribution in [0.15, 0.2) is 42.5 Å². The Hall–Kier alpha value is -1.91. The summed E-state index contributed by atoms with van der Waals surface area (Å²) in [6, 6.07) is 14.3. The van der Waals surface area contributed by atoms with Gasteiger partial charge < -0.3 is 16.4 Å². The van der Waals surface area contributed by atoms with Crippen LogP contribution >= 0.6 is 0 Å². The number of amides is 1. The van der Waals surface area contributed by atoms with Crippen LogP contribution in [-0.4, -0.2) is 29.9 Å². The molecule has 0 spiro atoms. The van der Waals surface area contributed by atoms with Crippen LogP contribution in [0.2, 0.25) is 0 Å². The summed E-state index contributed by atoms with van der Waals surface area (Å²) < 4.78 is 0. The molecule has 0 bridgehead atoms. The Labute approximate surface area is 189 Å². The van der Waals surface area contributed by atoms with Crippen LogP contribution < -0.4 is 11.5 Å². The van der Waals surface area contributed by atoms with Gasteiger partial charge in [0.25, 0.3) is 0 Å². The summed E-state index contributed by atoms with van der Waals surface area (Å²) in [6.07, 6.45) is 12.6. The van der Waals surface area contributed by atoms with E-state index in [-0.39, 0.29) is 5.91 Å². The Balaban J connectivity index is 1.97. The molecule has 2 aromatic rings. The highest BCUT2D eigenvalue weighted by atomic mass is 16.2. The van der Waals surface area contributed by atoms with Gasteiger partial charge >= 0.3 is 0 Å². The lowest BCUT2D eigenvalue weighted by molar-refractivity contribution is -0.133. The van der Waals surface area contributed by atoms with Crippen molar-refractivity contribution in [3.05, 3.63) is 48.0 Å². The van der Waals surface area contributed by atoms with E-state index in [1.54, 1.807) is 0 Å². The molecule has 4 N–H and O–H groups in total. The Kier molecular flexibility index (Phi) is 12.3. The first-order valence-corrected chi connectivity index (χ1v) is 12.4. The third-order valence-electron chi connectivity index (χ3n) is 6.12. The van der Waals surface area contributed by atoms with Crippen LogP contribution in [0.4, 0.5) is 0 Å². The molecular formula is C27H43N3O. The van der Waals surface area contributed by atoms with Crippen molar-refractivity contribution in [1.29, 1.82) is 0 Å². The lowest BCUT2D eigenvalue weighted by Gasteiger charge is -2.26. The van der Waals surface area contributed by atoms with Gasteiger partial charge in [0.05, 0.1) is 6.04 Å². The van der Waals surface area contributed by atoms with Crippen LogP contribution in [0, 0.1) is 0 Å². The van der Waals surface area contributed by atoms with E-state index < -0.39 is 6.04 Å². The quantitative estimate of drug-likeness (QED) is 0.336. The molecule has 0 aliphatic rings. The Morgan fingerprint density at radius 3 is 2.29 bits per heavy atom. The fourth-order valence-electron chi connectivity index (χ4n) is 4.21. The van der Waals surface area contributed by atoms with Gasteiger partial charge in [0.2, 0.25) is 5.91 Å². The van der Waals surface area contributed by atoms with Crippen LogP contribution in [-0.2, 0) is 11.3 Å². The fraction of sp³-hybridized carbons (Fsp3) is 0.593. The van der Waals surface area contributed by atoms with Gasteiger partial charge in [-0.3, -0.25) is 4.79 Å². The molecule has 4 nitrogen and oxygen atoms in total. The number of nitrogens with zero attached hydrogens (tertiary/aromatic N) is 1. The van der Waals surface area contributed by atoms with Crippen molar-refractivity contribution in [2.45, 2.75) is 90.1 Å². The molecule has 0 radical (unpaired) electrons. The molecule has 0 fully saturated rings. The van der Waals surface area contributed by atoms with E-state index in [0.717, 1.165) is 25.8 Å². The minimum atomic E-state index is -0.435. The summed E-state index contributed by atoms with van der Waals surface area (Å²) in [5, 5.41) is 2.43. The SMILES string of the molecule is CCCCCCCCCCN(Cc1cccc2ccccc12)C(=O)[C@@H](N)CCCCN. The van der Waals surface area contributed by atoms with E-state index in [9.17, 15) is 4.79 Å². The number of nitrogens with two attached hydrogens (primary N) is 2. The van der Waals surface area contributed by atoms with E-state index in [1.165, 1.54) is 61.3 Å². The number of hydrogen-bond donors (Lipinski definition) is 2. The molecule has 1 amide bonds. The molecule has 2 rings (SSSR count). The van der Waals surface area contributed by atoms with Crippen molar-refractivity contribution < 1.29 is 4.79 Å². The number of fused-ring (bicyclic) bond motifs is 1. The molecule has 0 unspecified atom stereocenters. The second kappa shape index (κ2) is 15.0. The summed E-state index contributed by atoms with van der Waals surface area (Å²) in [6.45, 7) is 4.31. The number of carbonyl (C=O) groups is 1. The fourth-order valence-corrected chi connectivity index (χ4v) is 4.21. The van der Waals surface area contributed by atoms with Crippen molar-refractivity contribution in [2.75, 3.05) is 13.1 Å². The summed E-state index contributed by atoms with van der Waals surface area (Å²) in [4.78, 5) is 15.2. The van der Waals surface area contributed by atoms with Gasteiger partial charge in [0, 0.05) is 13.1 Å². The molecule has 0 aliphatic carbocycles. The van der Waals surface area contributed by atoms with Crippen molar-refractivity contribution in [3.63, 3.8) is 0 Å². The second-order valence-corrected chi connectivity index (χ2v) is 8.76. The number of hydrogen-bond acceptors (Lipinski definition) is 3. The van der Waals surface area contributed by atoms with E-state index in [1.807, 2.05) is 4.90 Å². The first-order valence-electron chi connectivity index (χ1n) is 12.4. The van der Waals surface area contributed by atoms with E-state index in [4.69, 9.17) is 11.5 Å². The van der Waals surface area contributed by atoms with Crippen LogP contribution in [0.5, 0.6) is 0 Å². The third-order valence-corrected chi connectivity index (χ3v) is 6.12. The average Bonchev–Trinajstić information content (AvgIpc) is 2.79. The van der Waals surface area contributed by atoms with Crippen molar-refractivity contribution in [3.8, 4) is 0 Å². The third kappa shape index (κ3) is 9.00. The molecule has 172 valence electrons. The number of rotatable bonds is 16. The van der Waals surface area contributed by atoms with Crippen LogP contribution in [0.1, 0.15) is 83.1 Å². The number of carbonyl (C=O) groups excluding carboxylic acids is 1. The van der Waals surface area contributed by atoms with Gasteiger partial charge in [-0.05, 0) is 42.1 Å². The highest BCUT2D eigenvalue weighted by Crippen LogP contribution is 2.21. The molecular weight excluding hydrogens is 382 g/mol. The van der Waals surface area contributed by atoms with Crippen molar-refractivity contribution in [2.24, 2.45) is 11.5 Å². The summed E-state index contributed by atoms with van der Waals surface area (Å²) >= 11 is 0. The Morgan fingerprint density at radius 2 is 1.55 bits per heavy atom. The molecule has 0 heterocycles. The number of benzene rings is 2. The second-order valence-electron chi connectivity index (χ2n) is 8.76. The molecule has 0 aromatic heterocycles. The maximum Gasteiger partial charge on any atom is 0.239 e. The van der Waals surface area contributed by atoms with Crippen molar-refractivity contribution >= 4 is 16.7 Å². The van der Waals surface area contributed by atoms with Gasteiger partial charge in [-0.1, -0.05) is 101 Å². The van der Waals surface area contributed by atoms with Gasteiger partial charge in [-0.15, -0.1) is 0 Å².